The van der Waals surface area contributed by atoms with Crippen LogP contribution in [0.15, 0.2) is 12.4 Å². The first kappa shape index (κ1) is 11.8. The zero-order valence-corrected chi connectivity index (χ0v) is 9.33. The first-order valence-corrected chi connectivity index (χ1v) is 5.55. The number of carboxylic acids is 1. The maximum Gasteiger partial charge on any atom is 0.356 e. The highest BCUT2D eigenvalue weighted by molar-refractivity contribution is 5.84. The van der Waals surface area contributed by atoms with E-state index in [-0.39, 0.29) is 11.8 Å². The Morgan fingerprint density at radius 3 is 2.94 bits per heavy atom. The summed E-state index contributed by atoms with van der Waals surface area (Å²) in [6, 6.07) is 0. The molecule has 1 N–H and O–H groups in total. The normalized spacial score (nSPS) is 19.9. The molecule has 1 aliphatic heterocycles. The molecule has 2 heterocycles. The molecule has 1 aliphatic rings. The van der Waals surface area contributed by atoms with Crippen LogP contribution >= 0.6 is 0 Å². The van der Waals surface area contributed by atoms with Gasteiger partial charge in [-0.05, 0) is 19.3 Å². The molecule has 1 saturated heterocycles. The number of hydrogen-bond acceptors (Lipinski definition) is 5. The number of carbonyl (C=O) groups is 1. The molecule has 1 aromatic rings. The number of carboxylic acid groups (broad SMARTS) is 1. The molecule has 0 amide bonds. The third-order valence-corrected chi connectivity index (χ3v) is 2.54. The number of ether oxygens (including phenoxy) is 2. The quantitative estimate of drug-likeness (QED) is 0.846. The molecular formula is C11H14N2O4. The van der Waals surface area contributed by atoms with Crippen LogP contribution in [0, 0.1) is 0 Å². The Kier molecular flexibility index (Phi) is 3.87. The highest BCUT2D eigenvalue weighted by Gasteiger charge is 2.15. The maximum atomic E-state index is 10.6. The van der Waals surface area contributed by atoms with Gasteiger partial charge in [-0.2, -0.15) is 0 Å². The van der Waals surface area contributed by atoms with Crippen molar-refractivity contribution in [3.05, 3.63) is 18.1 Å². The van der Waals surface area contributed by atoms with Crippen molar-refractivity contribution < 1.29 is 19.4 Å². The fourth-order valence-electron chi connectivity index (χ4n) is 1.62. The number of aromatic nitrogens is 2. The fraction of sp³-hybridized carbons (Fsp3) is 0.545. The molecule has 1 fully saturated rings. The lowest BCUT2D eigenvalue weighted by atomic mass is 10.1. The van der Waals surface area contributed by atoms with E-state index < -0.39 is 5.97 Å². The SMILES string of the molecule is O=C(O)c1cnc(OCC2CCCCO2)cn1. The van der Waals surface area contributed by atoms with Crippen LogP contribution in [0.1, 0.15) is 29.8 Å². The van der Waals surface area contributed by atoms with Crippen LogP contribution in [0.5, 0.6) is 5.88 Å². The van der Waals surface area contributed by atoms with Gasteiger partial charge in [-0.1, -0.05) is 0 Å². The summed E-state index contributed by atoms with van der Waals surface area (Å²) in [5.41, 5.74) is -0.0914. The molecule has 92 valence electrons. The Balaban J connectivity index is 1.84. The molecule has 0 spiro atoms. The lowest BCUT2D eigenvalue weighted by molar-refractivity contribution is -0.0120. The minimum absolute atomic E-state index is 0.0914. The monoisotopic (exact) mass is 238 g/mol. The largest absolute Gasteiger partial charge is 0.476 e. The minimum atomic E-state index is -1.10. The minimum Gasteiger partial charge on any atom is -0.476 e. The molecule has 6 nitrogen and oxygen atoms in total. The summed E-state index contributed by atoms with van der Waals surface area (Å²) < 4.78 is 10.9. The van der Waals surface area contributed by atoms with E-state index in [9.17, 15) is 4.79 Å². The van der Waals surface area contributed by atoms with Crippen molar-refractivity contribution in [3.63, 3.8) is 0 Å². The maximum absolute atomic E-state index is 10.6. The van der Waals surface area contributed by atoms with Gasteiger partial charge in [0.05, 0.1) is 18.5 Å². The molecule has 1 unspecified atom stereocenters. The Morgan fingerprint density at radius 1 is 1.47 bits per heavy atom. The molecule has 0 bridgehead atoms. The average Bonchev–Trinajstić information content (AvgIpc) is 2.38. The average molecular weight is 238 g/mol. The summed E-state index contributed by atoms with van der Waals surface area (Å²) in [4.78, 5) is 18.1. The second-order valence-corrected chi connectivity index (χ2v) is 3.84. The molecule has 2 rings (SSSR count). The third kappa shape index (κ3) is 3.39. The van der Waals surface area contributed by atoms with Crippen molar-refractivity contribution >= 4 is 5.97 Å². The van der Waals surface area contributed by atoms with Gasteiger partial charge in [-0.3, -0.25) is 0 Å². The number of hydrogen-bond donors (Lipinski definition) is 1. The van der Waals surface area contributed by atoms with Crippen molar-refractivity contribution in [2.45, 2.75) is 25.4 Å². The zero-order chi connectivity index (χ0) is 12.1. The third-order valence-electron chi connectivity index (χ3n) is 2.54. The second kappa shape index (κ2) is 5.58. The summed E-state index contributed by atoms with van der Waals surface area (Å²) in [6.07, 6.45) is 5.83. The summed E-state index contributed by atoms with van der Waals surface area (Å²) in [7, 11) is 0. The van der Waals surface area contributed by atoms with Crippen LogP contribution in [-0.4, -0.2) is 40.4 Å². The summed E-state index contributed by atoms with van der Waals surface area (Å²) in [5.74, 6) is -0.774. The van der Waals surface area contributed by atoms with Crippen molar-refractivity contribution in [3.8, 4) is 5.88 Å². The van der Waals surface area contributed by atoms with Gasteiger partial charge in [-0.25, -0.2) is 14.8 Å². The van der Waals surface area contributed by atoms with Gasteiger partial charge in [0.15, 0.2) is 5.69 Å². The lowest BCUT2D eigenvalue weighted by Gasteiger charge is -2.22. The summed E-state index contributed by atoms with van der Waals surface area (Å²) in [5, 5.41) is 8.65. The Morgan fingerprint density at radius 2 is 2.35 bits per heavy atom. The number of nitrogens with zero attached hydrogens (tertiary/aromatic N) is 2. The Bertz CT molecular complexity index is 374. The van der Waals surface area contributed by atoms with Gasteiger partial charge >= 0.3 is 5.97 Å². The predicted molar refractivity (Wildman–Crippen MR) is 58.1 cm³/mol. The molecule has 6 heteroatoms. The van der Waals surface area contributed by atoms with Gasteiger partial charge in [0, 0.05) is 6.61 Å². The molecule has 1 aromatic heterocycles. The highest BCUT2D eigenvalue weighted by Crippen LogP contribution is 2.14. The van der Waals surface area contributed by atoms with E-state index in [0.717, 1.165) is 25.9 Å². The predicted octanol–water partition coefficient (Wildman–Crippen LogP) is 1.12. The van der Waals surface area contributed by atoms with Crippen LogP contribution < -0.4 is 4.74 Å². The molecule has 17 heavy (non-hydrogen) atoms. The molecule has 0 radical (unpaired) electrons. The van der Waals surface area contributed by atoms with Gasteiger partial charge in [0.1, 0.15) is 6.61 Å². The van der Waals surface area contributed by atoms with E-state index >= 15 is 0 Å². The summed E-state index contributed by atoms with van der Waals surface area (Å²) in [6.45, 7) is 1.21. The molecule has 0 aliphatic carbocycles. The molecule has 0 saturated carbocycles. The lowest BCUT2D eigenvalue weighted by Crippen LogP contribution is -2.26. The van der Waals surface area contributed by atoms with Crippen LogP contribution in [0.2, 0.25) is 0 Å². The van der Waals surface area contributed by atoms with Crippen molar-refractivity contribution in [1.29, 1.82) is 0 Å². The Labute approximate surface area is 98.6 Å². The van der Waals surface area contributed by atoms with E-state index in [1.807, 2.05) is 0 Å². The van der Waals surface area contributed by atoms with Crippen LogP contribution in [0.4, 0.5) is 0 Å². The van der Waals surface area contributed by atoms with Crippen LogP contribution in [-0.2, 0) is 4.74 Å². The van der Waals surface area contributed by atoms with Gasteiger partial charge in [0.2, 0.25) is 5.88 Å². The first-order chi connectivity index (χ1) is 8.25. The van der Waals surface area contributed by atoms with Gasteiger partial charge < -0.3 is 14.6 Å². The fourth-order valence-corrected chi connectivity index (χ4v) is 1.62. The summed E-state index contributed by atoms with van der Waals surface area (Å²) >= 11 is 0. The standard InChI is InChI=1S/C11H14N2O4/c14-11(15)9-5-13-10(6-12-9)17-7-8-3-1-2-4-16-8/h5-6,8H,1-4,7H2,(H,14,15). The Hall–Kier alpha value is -1.69. The van der Waals surface area contributed by atoms with E-state index in [2.05, 4.69) is 9.97 Å². The van der Waals surface area contributed by atoms with Crippen molar-refractivity contribution in [2.24, 2.45) is 0 Å². The van der Waals surface area contributed by atoms with Crippen molar-refractivity contribution in [2.75, 3.05) is 13.2 Å². The van der Waals surface area contributed by atoms with E-state index in [1.54, 1.807) is 0 Å². The van der Waals surface area contributed by atoms with E-state index in [0.29, 0.717) is 12.5 Å². The smallest absolute Gasteiger partial charge is 0.356 e. The van der Waals surface area contributed by atoms with Crippen molar-refractivity contribution in [1.82, 2.24) is 9.97 Å². The second-order valence-electron chi connectivity index (χ2n) is 3.84. The van der Waals surface area contributed by atoms with Gasteiger partial charge in [-0.15, -0.1) is 0 Å². The van der Waals surface area contributed by atoms with Crippen LogP contribution in [0.3, 0.4) is 0 Å². The van der Waals surface area contributed by atoms with Crippen LogP contribution in [0.25, 0.3) is 0 Å². The molecule has 1 atom stereocenters. The molecule has 0 aromatic carbocycles. The van der Waals surface area contributed by atoms with E-state index in [1.165, 1.54) is 12.4 Å². The van der Waals surface area contributed by atoms with E-state index in [4.69, 9.17) is 14.6 Å². The highest BCUT2D eigenvalue weighted by atomic mass is 16.5. The number of aromatic carboxylic acids is 1. The number of rotatable bonds is 4. The van der Waals surface area contributed by atoms with Gasteiger partial charge in [0.25, 0.3) is 0 Å². The first-order valence-electron chi connectivity index (χ1n) is 5.55. The molecular weight excluding hydrogens is 224 g/mol. The topological polar surface area (TPSA) is 81.5 Å². The zero-order valence-electron chi connectivity index (χ0n) is 9.33.